The van der Waals surface area contributed by atoms with Gasteiger partial charge in [0.1, 0.15) is 11.2 Å². The number of rotatable bonds is 3. The molecule has 1 heterocycles. The molecule has 126 valence electrons. The third-order valence-corrected chi connectivity index (χ3v) is 4.08. The minimum atomic E-state index is -5.03. The van der Waals surface area contributed by atoms with Crippen LogP contribution in [0.4, 0.5) is 17.1 Å². The highest BCUT2D eigenvalue weighted by Gasteiger charge is 2.36. The number of halogens is 4. The summed E-state index contributed by atoms with van der Waals surface area (Å²) in [6.45, 7) is 4.92. The summed E-state index contributed by atoms with van der Waals surface area (Å²) >= 11 is 0. The van der Waals surface area contributed by atoms with E-state index in [1.54, 1.807) is 20.8 Å². The molecule has 0 aliphatic rings. The molecule has 0 fully saturated rings. The third kappa shape index (κ3) is 3.52. The molecule has 0 saturated carbocycles. The standard InChI is InChI=1S/C13H13F4N3O2S/c1-7(2)9-4-8(3)10(5-11(9)23(17,21)22)20-6-18-12(19-20)13(14,15)16/h4-7H,1-3H3. The molecule has 1 aromatic heterocycles. The van der Waals surface area contributed by atoms with Crippen LogP contribution in [-0.4, -0.2) is 23.2 Å². The fraction of sp³-hybridized carbons (Fsp3) is 0.385. The Bertz CT molecular complexity index is 841. The van der Waals surface area contributed by atoms with Crippen molar-refractivity contribution in [1.82, 2.24) is 14.8 Å². The van der Waals surface area contributed by atoms with E-state index >= 15 is 0 Å². The smallest absolute Gasteiger partial charge is 0.220 e. The fourth-order valence-corrected chi connectivity index (χ4v) is 2.95. The van der Waals surface area contributed by atoms with Gasteiger partial charge in [0.2, 0.25) is 0 Å². The maximum absolute atomic E-state index is 13.5. The molecule has 0 atom stereocenters. The first-order valence-corrected chi connectivity index (χ1v) is 7.88. The summed E-state index contributed by atoms with van der Waals surface area (Å²) in [6.07, 6.45) is -3.93. The Morgan fingerprint density at radius 2 is 1.83 bits per heavy atom. The zero-order valence-electron chi connectivity index (χ0n) is 12.4. The van der Waals surface area contributed by atoms with E-state index in [-0.39, 0.29) is 17.2 Å². The molecule has 0 amide bonds. The molecule has 2 rings (SSSR count). The van der Waals surface area contributed by atoms with Crippen LogP contribution in [-0.2, 0) is 16.4 Å². The second-order valence-electron chi connectivity index (χ2n) is 5.28. The Morgan fingerprint density at radius 3 is 2.26 bits per heavy atom. The van der Waals surface area contributed by atoms with Crippen LogP contribution < -0.4 is 0 Å². The van der Waals surface area contributed by atoms with Crippen LogP contribution >= 0.6 is 0 Å². The average Bonchev–Trinajstić information content (AvgIpc) is 2.86. The predicted molar refractivity (Wildman–Crippen MR) is 73.5 cm³/mol. The number of hydrogen-bond donors (Lipinski definition) is 0. The number of alkyl halides is 3. The highest BCUT2D eigenvalue weighted by atomic mass is 32.3. The maximum atomic E-state index is 13.5. The van der Waals surface area contributed by atoms with Gasteiger partial charge in [-0.1, -0.05) is 19.9 Å². The first-order chi connectivity index (χ1) is 10.4. The molecule has 0 aliphatic heterocycles. The normalized spacial score (nSPS) is 12.9. The molecule has 2 aromatic rings. The lowest BCUT2D eigenvalue weighted by atomic mass is 10.00. The molecule has 23 heavy (non-hydrogen) atoms. The van der Waals surface area contributed by atoms with Crippen molar-refractivity contribution < 1.29 is 25.5 Å². The molecule has 0 unspecified atom stereocenters. The van der Waals surface area contributed by atoms with Gasteiger partial charge in [-0.2, -0.15) is 21.6 Å². The summed E-state index contributed by atoms with van der Waals surface area (Å²) < 4.78 is 74.6. The molecule has 0 spiro atoms. The second-order valence-corrected chi connectivity index (χ2v) is 6.60. The Balaban J connectivity index is 2.67. The molecular formula is C13H13F4N3O2S. The van der Waals surface area contributed by atoms with Gasteiger partial charge in [-0.05, 0) is 30.0 Å². The van der Waals surface area contributed by atoms with Crippen molar-refractivity contribution in [3.8, 4) is 5.69 Å². The Kier molecular flexibility index (Phi) is 4.22. The monoisotopic (exact) mass is 351 g/mol. The van der Waals surface area contributed by atoms with Crippen molar-refractivity contribution >= 4 is 10.2 Å². The zero-order chi connectivity index (χ0) is 17.6. The maximum Gasteiger partial charge on any atom is 0.453 e. The van der Waals surface area contributed by atoms with E-state index in [2.05, 4.69) is 10.1 Å². The van der Waals surface area contributed by atoms with E-state index in [0.717, 1.165) is 17.1 Å². The van der Waals surface area contributed by atoms with Gasteiger partial charge in [-0.25, -0.2) is 9.67 Å². The lowest BCUT2D eigenvalue weighted by Gasteiger charge is -2.14. The molecule has 10 heteroatoms. The average molecular weight is 351 g/mol. The molecule has 5 nitrogen and oxygen atoms in total. The van der Waals surface area contributed by atoms with Crippen molar-refractivity contribution in [2.45, 2.75) is 37.8 Å². The highest BCUT2D eigenvalue weighted by molar-refractivity contribution is 7.86. The number of nitrogens with zero attached hydrogens (tertiary/aromatic N) is 3. The molecule has 1 aromatic carbocycles. The number of benzene rings is 1. The minimum absolute atomic E-state index is 0.00799. The van der Waals surface area contributed by atoms with E-state index in [0.29, 0.717) is 5.56 Å². The lowest BCUT2D eigenvalue weighted by Crippen LogP contribution is -2.10. The topological polar surface area (TPSA) is 64.8 Å². The summed E-state index contributed by atoms with van der Waals surface area (Å²) in [5, 5.41) is 3.27. The van der Waals surface area contributed by atoms with Crippen molar-refractivity contribution in [3.63, 3.8) is 0 Å². The molecule has 0 saturated heterocycles. The molecule has 0 aliphatic carbocycles. The van der Waals surface area contributed by atoms with Gasteiger partial charge in [0.25, 0.3) is 5.82 Å². The van der Waals surface area contributed by atoms with E-state index < -0.39 is 27.1 Å². The van der Waals surface area contributed by atoms with Crippen LogP contribution in [0.1, 0.15) is 36.7 Å². The number of hydrogen-bond acceptors (Lipinski definition) is 4. The van der Waals surface area contributed by atoms with Gasteiger partial charge in [-0.15, -0.1) is 8.98 Å². The Morgan fingerprint density at radius 1 is 1.22 bits per heavy atom. The van der Waals surface area contributed by atoms with Crippen LogP contribution in [0.15, 0.2) is 23.4 Å². The van der Waals surface area contributed by atoms with Crippen LogP contribution in [0.5, 0.6) is 0 Å². The third-order valence-electron chi connectivity index (χ3n) is 3.21. The summed E-state index contributed by atoms with van der Waals surface area (Å²) in [5.41, 5.74) is 0.693. The summed E-state index contributed by atoms with van der Waals surface area (Å²) in [6, 6.07) is 2.39. The van der Waals surface area contributed by atoms with Gasteiger partial charge in [0.05, 0.1) is 5.69 Å². The highest BCUT2D eigenvalue weighted by Crippen LogP contribution is 2.31. The van der Waals surface area contributed by atoms with E-state index in [4.69, 9.17) is 0 Å². The van der Waals surface area contributed by atoms with E-state index in [1.165, 1.54) is 6.07 Å². The second kappa shape index (κ2) is 5.59. The number of aromatic nitrogens is 3. The Hall–Kier alpha value is -1.97. The van der Waals surface area contributed by atoms with Crippen LogP contribution in [0.25, 0.3) is 5.69 Å². The van der Waals surface area contributed by atoms with Gasteiger partial charge < -0.3 is 0 Å². The fourth-order valence-electron chi connectivity index (χ4n) is 2.12. The minimum Gasteiger partial charge on any atom is -0.220 e. The van der Waals surface area contributed by atoms with Gasteiger partial charge in [-0.3, -0.25) is 0 Å². The summed E-state index contributed by atoms with van der Waals surface area (Å²) in [5.74, 6) is -1.65. The van der Waals surface area contributed by atoms with Crippen molar-refractivity contribution in [2.75, 3.05) is 0 Å². The molecule has 0 radical (unpaired) electrons. The predicted octanol–water partition coefficient (Wildman–Crippen LogP) is 3.38. The SMILES string of the molecule is Cc1cc(C(C)C)c(S(=O)(=O)F)cc1-n1cnc(C(F)(F)F)n1. The van der Waals surface area contributed by atoms with Crippen LogP contribution in [0.2, 0.25) is 0 Å². The van der Waals surface area contributed by atoms with Crippen molar-refractivity contribution in [3.05, 3.63) is 35.4 Å². The van der Waals surface area contributed by atoms with Gasteiger partial charge in [0.15, 0.2) is 0 Å². The van der Waals surface area contributed by atoms with Gasteiger partial charge in [0, 0.05) is 0 Å². The van der Waals surface area contributed by atoms with Gasteiger partial charge >= 0.3 is 16.4 Å². The number of aryl methyl sites for hydroxylation is 1. The largest absolute Gasteiger partial charge is 0.453 e. The Labute approximate surface area is 130 Å². The van der Waals surface area contributed by atoms with E-state index in [1.807, 2.05) is 0 Å². The molecular weight excluding hydrogens is 338 g/mol. The first kappa shape index (κ1) is 17.4. The molecule has 0 N–H and O–H groups in total. The first-order valence-electron chi connectivity index (χ1n) is 6.49. The zero-order valence-corrected chi connectivity index (χ0v) is 13.2. The van der Waals surface area contributed by atoms with Crippen molar-refractivity contribution in [1.29, 1.82) is 0 Å². The van der Waals surface area contributed by atoms with E-state index in [9.17, 15) is 25.5 Å². The molecule has 0 bridgehead atoms. The van der Waals surface area contributed by atoms with Crippen LogP contribution in [0.3, 0.4) is 0 Å². The quantitative estimate of drug-likeness (QED) is 0.628. The summed E-state index contributed by atoms with van der Waals surface area (Å²) in [7, 11) is -5.03. The summed E-state index contributed by atoms with van der Waals surface area (Å²) in [4.78, 5) is 2.55. The van der Waals surface area contributed by atoms with Crippen molar-refractivity contribution in [2.24, 2.45) is 0 Å². The lowest BCUT2D eigenvalue weighted by molar-refractivity contribution is -0.144. The van der Waals surface area contributed by atoms with Crippen LogP contribution in [0, 0.1) is 6.92 Å².